The van der Waals surface area contributed by atoms with Gasteiger partial charge in [0.2, 0.25) is 0 Å². The fraction of sp³-hybridized carbons (Fsp3) is 0.719. The van der Waals surface area contributed by atoms with Gasteiger partial charge in [-0.05, 0) is 77.0 Å². The van der Waals surface area contributed by atoms with Crippen LogP contribution in [0.4, 0.5) is 0 Å². The Morgan fingerprint density at radius 1 is 0.348 bits per heavy atom. The van der Waals surface area contributed by atoms with Gasteiger partial charge in [-0.3, -0.25) is 9.59 Å². The van der Waals surface area contributed by atoms with Crippen molar-refractivity contribution in [3.05, 3.63) is 97.2 Å². The molecular weight excluding hydrogens is 849 g/mol. The predicted molar refractivity (Wildman–Crippen MR) is 302 cm³/mol. The Hall–Kier alpha value is -3.18. The van der Waals surface area contributed by atoms with Crippen LogP contribution in [-0.4, -0.2) is 36.4 Å². The number of esters is 2. The Morgan fingerprint density at radius 3 is 0.942 bits per heavy atom. The van der Waals surface area contributed by atoms with Gasteiger partial charge >= 0.3 is 11.9 Å². The third-order valence-corrected chi connectivity index (χ3v) is 12.6. The zero-order valence-electron chi connectivity index (χ0n) is 45.3. The summed E-state index contributed by atoms with van der Waals surface area (Å²) in [4.78, 5) is 24.5. The van der Waals surface area contributed by atoms with E-state index in [9.17, 15) is 14.7 Å². The van der Waals surface area contributed by atoms with Gasteiger partial charge < -0.3 is 14.6 Å². The SMILES string of the molecule is CC/C=C\C/C=C\C/C=C\C/C=C\C/C=C\C/C=C\C/C=C\C/C=C\CCCCC(=O)OC(CO)COC(=O)CCCCCCCCCCCCCCCCCCCCCCCCCCCCCC. The lowest BCUT2D eigenvalue weighted by Gasteiger charge is -2.15. The van der Waals surface area contributed by atoms with Crippen molar-refractivity contribution < 1.29 is 24.2 Å². The van der Waals surface area contributed by atoms with E-state index in [1.807, 2.05) is 0 Å². The summed E-state index contributed by atoms with van der Waals surface area (Å²) in [6.45, 7) is 4.02. The minimum Gasteiger partial charge on any atom is -0.462 e. The molecule has 0 saturated heterocycles. The topological polar surface area (TPSA) is 72.8 Å². The summed E-state index contributed by atoms with van der Waals surface area (Å²) < 4.78 is 10.7. The standard InChI is InChI=1S/C64H110O5/c1-3-5-7-9-11-13-15-17-19-21-23-25-27-29-31-33-34-36-38-40-42-44-46-48-50-52-54-56-58-63(66)68-61-62(60-65)69-64(67)59-57-55-53-51-49-47-45-43-41-39-37-35-32-30-28-26-24-22-20-18-16-14-12-10-8-6-4-2/h6,8,12,14,18,20,24,26,30,32,37,39,43,45,49,51,62,65H,3-5,7,9-11,13,15-17,19,21-23,25,27-29,31,33-36,38,40-42,44,46-48,50,52-61H2,1-2H3/b8-6-,14-12-,20-18-,26-24-,32-30-,39-37-,45-43-,51-49-. The number of carbonyl (C=O) groups excluding carboxylic acids is 2. The number of ether oxygens (including phenoxy) is 2. The van der Waals surface area contributed by atoms with Gasteiger partial charge in [-0.1, -0.05) is 284 Å². The quantitative estimate of drug-likeness (QED) is 0.0374. The molecule has 1 atom stereocenters. The van der Waals surface area contributed by atoms with Crippen molar-refractivity contribution in [2.75, 3.05) is 13.2 Å². The van der Waals surface area contributed by atoms with Gasteiger partial charge in [0.1, 0.15) is 6.61 Å². The van der Waals surface area contributed by atoms with Crippen LogP contribution in [0.3, 0.4) is 0 Å². The zero-order valence-corrected chi connectivity index (χ0v) is 45.3. The van der Waals surface area contributed by atoms with E-state index in [4.69, 9.17) is 9.47 Å². The second kappa shape index (κ2) is 59.1. The predicted octanol–water partition coefficient (Wildman–Crippen LogP) is 19.9. The average molecular weight is 960 g/mol. The lowest BCUT2D eigenvalue weighted by atomic mass is 10.0. The maximum Gasteiger partial charge on any atom is 0.306 e. The van der Waals surface area contributed by atoms with Crippen molar-refractivity contribution in [2.45, 2.75) is 283 Å². The molecule has 0 radical (unpaired) electrons. The highest BCUT2D eigenvalue weighted by Crippen LogP contribution is 2.17. The third-order valence-electron chi connectivity index (χ3n) is 12.6. The molecular formula is C64H110O5. The number of carbonyl (C=O) groups is 2. The number of rotatable bonds is 53. The van der Waals surface area contributed by atoms with E-state index in [1.165, 1.54) is 161 Å². The van der Waals surface area contributed by atoms with Gasteiger partial charge in [0.15, 0.2) is 6.10 Å². The van der Waals surface area contributed by atoms with Gasteiger partial charge in [0.05, 0.1) is 6.61 Å². The first kappa shape index (κ1) is 65.8. The molecule has 0 aromatic heterocycles. The lowest BCUT2D eigenvalue weighted by Crippen LogP contribution is -2.28. The van der Waals surface area contributed by atoms with Gasteiger partial charge in [0.25, 0.3) is 0 Å². The Labute approximate surface area is 428 Å². The smallest absolute Gasteiger partial charge is 0.306 e. The van der Waals surface area contributed by atoms with Crippen molar-refractivity contribution in [1.82, 2.24) is 0 Å². The van der Waals surface area contributed by atoms with E-state index in [1.54, 1.807) is 0 Å². The summed E-state index contributed by atoms with van der Waals surface area (Å²) in [5, 5.41) is 9.65. The molecule has 0 heterocycles. The molecule has 1 unspecified atom stereocenters. The van der Waals surface area contributed by atoms with E-state index in [0.717, 1.165) is 89.9 Å². The van der Waals surface area contributed by atoms with Gasteiger partial charge in [-0.2, -0.15) is 0 Å². The van der Waals surface area contributed by atoms with Crippen LogP contribution in [0.5, 0.6) is 0 Å². The molecule has 0 aromatic carbocycles. The molecule has 0 fully saturated rings. The Kier molecular flexibility index (Phi) is 56.4. The molecule has 5 heteroatoms. The maximum absolute atomic E-state index is 12.3. The molecule has 0 aliphatic carbocycles. The fourth-order valence-corrected chi connectivity index (χ4v) is 8.28. The Balaban J connectivity index is 3.56. The van der Waals surface area contributed by atoms with Crippen molar-refractivity contribution in [3.8, 4) is 0 Å². The van der Waals surface area contributed by atoms with Crippen molar-refractivity contribution in [3.63, 3.8) is 0 Å². The number of aliphatic hydroxyl groups is 1. The number of allylic oxidation sites excluding steroid dienone is 16. The molecule has 0 amide bonds. The molecule has 0 aliphatic rings. The molecule has 0 spiro atoms. The second-order valence-corrected chi connectivity index (χ2v) is 19.3. The van der Waals surface area contributed by atoms with Crippen LogP contribution in [0, 0.1) is 0 Å². The number of aliphatic hydroxyl groups excluding tert-OH is 1. The summed E-state index contributed by atoms with van der Waals surface area (Å²) in [5.41, 5.74) is 0. The zero-order chi connectivity index (χ0) is 49.9. The van der Waals surface area contributed by atoms with E-state index in [0.29, 0.717) is 12.8 Å². The summed E-state index contributed by atoms with van der Waals surface area (Å²) in [6, 6.07) is 0. The molecule has 1 N–H and O–H groups in total. The molecule has 0 saturated carbocycles. The first-order valence-corrected chi connectivity index (χ1v) is 29.3. The summed E-state index contributed by atoms with van der Waals surface area (Å²) >= 11 is 0. The van der Waals surface area contributed by atoms with Crippen molar-refractivity contribution in [2.24, 2.45) is 0 Å². The Morgan fingerprint density at radius 2 is 0.623 bits per heavy atom. The van der Waals surface area contributed by atoms with Crippen LogP contribution >= 0.6 is 0 Å². The third kappa shape index (κ3) is 57.3. The van der Waals surface area contributed by atoms with E-state index >= 15 is 0 Å². The Bertz CT molecular complexity index is 1310. The highest BCUT2D eigenvalue weighted by atomic mass is 16.6. The normalized spacial score (nSPS) is 12.9. The minimum atomic E-state index is -0.801. The number of unbranched alkanes of at least 4 members (excludes halogenated alkanes) is 29. The highest BCUT2D eigenvalue weighted by molar-refractivity contribution is 5.70. The molecule has 396 valence electrons. The minimum absolute atomic E-state index is 0.0864. The van der Waals surface area contributed by atoms with Gasteiger partial charge in [-0.25, -0.2) is 0 Å². The van der Waals surface area contributed by atoms with E-state index in [2.05, 4.69) is 111 Å². The molecule has 0 aromatic rings. The first-order chi connectivity index (χ1) is 34.1. The monoisotopic (exact) mass is 959 g/mol. The summed E-state index contributed by atoms with van der Waals surface area (Å²) in [6.07, 6.45) is 83.9. The number of hydrogen-bond acceptors (Lipinski definition) is 5. The summed E-state index contributed by atoms with van der Waals surface area (Å²) in [5.74, 6) is -0.637. The van der Waals surface area contributed by atoms with Crippen LogP contribution in [0.1, 0.15) is 277 Å². The largest absolute Gasteiger partial charge is 0.462 e. The van der Waals surface area contributed by atoms with Crippen LogP contribution < -0.4 is 0 Å². The lowest BCUT2D eigenvalue weighted by molar-refractivity contribution is -0.161. The van der Waals surface area contributed by atoms with Crippen molar-refractivity contribution in [1.29, 1.82) is 0 Å². The molecule has 0 rings (SSSR count). The highest BCUT2D eigenvalue weighted by Gasteiger charge is 2.16. The van der Waals surface area contributed by atoms with Crippen LogP contribution in [0.25, 0.3) is 0 Å². The van der Waals surface area contributed by atoms with E-state index < -0.39 is 6.10 Å². The van der Waals surface area contributed by atoms with Crippen molar-refractivity contribution >= 4 is 11.9 Å². The molecule has 5 nitrogen and oxygen atoms in total. The summed E-state index contributed by atoms with van der Waals surface area (Å²) in [7, 11) is 0. The van der Waals surface area contributed by atoms with Gasteiger partial charge in [-0.15, -0.1) is 0 Å². The number of hydrogen-bond donors (Lipinski definition) is 1. The van der Waals surface area contributed by atoms with Crippen LogP contribution in [0.15, 0.2) is 97.2 Å². The van der Waals surface area contributed by atoms with Crippen LogP contribution in [0.2, 0.25) is 0 Å². The average Bonchev–Trinajstić information content (AvgIpc) is 3.35. The molecule has 69 heavy (non-hydrogen) atoms. The van der Waals surface area contributed by atoms with Crippen LogP contribution in [-0.2, 0) is 19.1 Å². The van der Waals surface area contributed by atoms with E-state index in [-0.39, 0.29) is 25.2 Å². The molecule has 0 aliphatic heterocycles. The molecule has 0 bridgehead atoms. The second-order valence-electron chi connectivity index (χ2n) is 19.3. The fourth-order valence-electron chi connectivity index (χ4n) is 8.28. The maximum atomic E-state index is 12.3. The first-order valence-electron chi connectivity index (χ1n) is 29.3. The van der Waals surface area contributed by atoms with Gasteiger partial charge in [0, 0.05) is 12.8 Å².